The standard InChI is InChI=1S/C26H32N2O9/c1-18-4-5-20-23(12-18)36-10-11-37-24-13-19(17-29)22(30)14-21(24)28(16-26(32)34-3)7-9-35-8-6-27(20)15-25(31)33-2/h4-5,12-14,17,30H,6-11,15-16H2,1-3H3. The van der Waals surface area contributed by atoms with Crippen LogP contribution in [0.5, 0.6) is 17.2 Å². The van der Waals surface area contributed by atoms with Gasteiger partial charge in [0.1, 0.15) is 43.6 Å². The number of carbonyl (C=O) groups is 3. The van der Waals surface area contributed by atoms with E-state index >= 15 is 0 Å². The van der Waals surface area contributed by atoms with Gasteiger partial charge >= 0.3 is 11.9 Å². The molecule has 37 heavy (non-hydrogen) atoms. The Morgan fingerprint density at radius 2 is 1.46 bits per heavy atom. The Labute approximate surface area is 215 Å². The number of aromatic hydroxyl groups is 1. The smallest absolute Gasteiger partial charge is 0.325 e. The topological polar surface area (TPSA) is 124 Å². The molecule has 0 atom stereocenters. The van der Waals surface area contributed by atoms with Crippen LogP contribution in [0, 0.1) is 6.92 Å². The number of carbonyl (C=O) groups excluding carboxylic acids is 3. The van der Waals surface area contributed by atoms with E-state index in [1.165, 1.54) is 26.4 Å². The van der Waals surface area contributed by atoms with Gasteiger partial charge in [0.25, 0.3) is 0 Å². The lowest BCUT2D eigenvalue weighted by atomic mass is 10.1. The summed E-state index contributed by atoms with van der Waals surface area (Å²) >= 11 is 0. The second-order valence-corrected chi connectivity index (χ2v) is 8.27. The van der Waals surface area contributed by atoms with Gasteiger partial charge in [0.2, 0.25) is 0 Å². The van der Waals surface area contributed by atoms with Crippen molar-refractivity contribution in [3.63, 3.8) is 0 Å². The molecule has 0 fully saturated rings. The molecule has 3 rings (SSSR count). The Morgan fingerprint density at radius 1 is 0.892 bits per heavy atom. The lowest BCUT2D eigenvalue weighted by molar-refractivity contribution is -0.139. The van der Waals surface area contributed by atoms with Crippen LogP contribution >= 0.6 is 0 Å². The Balaban J connectivity index is 1.94. The van der Waals surface area contributed by atoms with E-state index in [1.54, 1.807) is 4.90 Å². The number of rotatable bonds is 5. The molecule has 1 aliphatic rings. The van der Waals surface area contributed by atoms with Crippen molar-refractivity contribution in [3.05, 3.63) is 41.5 Å². The van der Waals surface area contributed by atoms with Crippen molar-refractivity contribution in [2.24, 2.45) is 0 Å². The molecule has 0 saturated heterocycles. The lowest BCUT2D eigenvalue weighted by Crippen LogP contribution is -2.36. The van der Waals surface area contributed by atoms with Crippen LogP contribution in [-0.4, -0.2) is 90.2 Å². The molecule has 0 amide bonds. The first-order valence-corrected chi connectivity index (χ1v) is 11.8. The van der Waals surface area contributed by atoms with E-state index in [0.29, 0.717) is 35.7 Å². The highest BCUT2D eigenvalue weighted by Crippen LogP contribution is 2.35. The first-order chi connectivity index (χ1) is 17.9. The first-order valence-electron chi connectivity index (χ1n) is 11.8. The maximum Gasteiger partial charge on any atom is 0.325 e. The molecular weight excluding hydrogens is 484 g/mol. The molecule has 200 valence electrons. The molecule has 0 aromatic heterocycles. The molecule has 1 aliphatic heterocycles. The third-order valence-electron chi connectivity index (χ3n) is 5.74. The van der Waals surface area contributed by atoms with Crippen molar-refractivity contribution in [1.82, 2.24) is 0 Å². The summed E-state index contributed by atoms with van der Waals surface area (Å²) < 4.78 is 27.5. The summed E-state index contributed by atoms with van der Waals surface area (Å²) in [6.07, 6.45) is 0.521. The summed E-state index contributed by atoms with van der Waals surface area (Å²) in [4.78, 5) is 39.1. The number of methoxy groups -OCH3 is 2. The molecule has 0 aliphatic carbocycles. The minimum atomic E-state index is -0.499. The van der Waals surface area contributed by atoms with Gasteiger partial charge in [-0.05, 0) is 30.7 Å². The van der Waals surface area contributed by atoms with E-state index in [2.05, 4.69) is 0 Å². The number of phenolic OH excluding ortho intramolecular Hbond substituents is 1. The van der Waals surface area contributed by atoms with Crippen LogP contribution in [0.2, 0.25) is 0 Å². The SMILES string of the molecule is COC(=O)CN1CCOCCN(CC(=O)OC)c2cc(O)c(C=O)cc2OCCOc2cc(C)ccc21. The van der Waals surface area contributed by atoms with Crippen LogP contribution < -0.4 is 19.3 Å². The minimum absolute atomic E-state index is 0.00341. The zero-order chi connectivity index (χ0) is 26.8. The fourth-order valence-electron chi connectivity index (χ4n) is 3.79. The van der Waals surface area contributed by atoms with Gasteiger partial charge in [0, 0.05) is 19.2 Å². The number of ether oxygens (including phenoxy) is 5. The number of aryl methyl sites for hydroxylation is 1. The number of nitrogens with zero attached hydrogens (tertiary/aromatic N) is 2. The quantitative estimate of drug-likeness (QED) is 0.463. The highest BCUT2D eigenvalue weighted by molar-refractivity contribution is 5.84. The van der Waals surface area contributed by atoms with Gasteiger partial charge in [-0.15, -0.1) is 0 Å². The summed E-state index contributed by atoms with van der Waals surface area (Å²) in [5.74, 6) is -0.294. The Morgan fingerprint density at radius 3 is 2.03 bits per heavy atom. The van der Waals surface area contributed by atoms with E-state index in [9.17, 15) is 19.5 Å². The Kier molecular flexibility index (Phi) is 9.96. The summed E-state index contributed by atoms with van der Waals surface area (Å²) in [7, 11) is 2.61. The third-order valence-corrected chi connectivity index (χ3v) is 5.74. The van der Waals surface area contributed by atoms with Gasteiger partial charge in [-0.2, -0.15) is 0 Å². The highest BCUT2D eigenvalue weighted by Gasteiger charge is 2.21. The molecule has 0 bridgehead atoms. The largest absolute Gasteiger partial charge is 0.507 e. The highest BCUT2D eigenvalue weighted by atomic mass is 16.5. The average Bonchev–Trinajstić information content (AvgIpc) is 2.89. The van der Waals surface area contributed by atoms with E-state index in [0.717, 1.165) is 5.56 Å². The third kappa shape index (κ3) is 7.50. The number of hydrogen-bond acceptors (Lipinski definition) is 11. The fraction of sp³-hybridized carbons (Fsp3) is 0.423. The van der Waals surface area contributed by atoms with Crippen LogP contribution in [0.4, 0.5) is 11.4 Å². The molecule has 1 heterocycles. The van der Waals surface area contributed by atoms with Gasteiger partial charge < -0.3 is 38.6 Å². The summed E-state index contributed by atoms with van der Waals surface area (Å²) in [6.45, 7) is 3.18. The van der Waals surface area contributed by atoms with E-state index in [4.69, 9.17) is 23.7 Å². The minimum Gasteiger partial charge on any atom is -0.507 e. The fourth-order valence-corrected chi connectivity index (χ4v) is 3.79. The zero-order valence-corrected chi connectivity index (χ0v) is 21.2. The normalized spacial score (nSPS) is 14.6. The van der Waals surface area contributed by atoms with Crippen LogP contribution in [0.1, 0.15) is 15.9 Å². The molecular formula is C26H32N2O9. The molecule has 0 radical (unpaired) electrons. The van der Waals surface area contributed by atoms with E-state index in [-0.39, 0.29) is 57.4 Å². The molecule has 1 N–H and O–H groups in total. The van der Waals surface area contributed by atoms with Crippen LogP contribution in [0.15, 0.2) is 30.3 Å². The number of phenols is 1. The van der Waals surface area contributed by atoms with Gasteiger partial charge in [-0.3, -0.25) is 14.4 Å². The average molecular weight is 517 g/mol. The van der Waals surface area contributed by atoms with Gasteiger partial charge in [-0.25, -0.2) is 0 Å². The van der Waals surface area contributed by atoms with Crippen LogP contribution in [-0.2, 0) is 23.8 Å². The maximum absolute atomic E-state index is 12.1. The number of hydrogen-bond donors (Lipinski definition) is 1. The Bertz CT molecular complexity index is 1110. The van der Waals surface area contributed by atoms with Crippen molar-refractivity contribution in [2.75, 3.05) is 76.6 Å². The summed E-state index contributed by atoms with van der Waals surface area (Å²) in [5, 5.41) is 10.3. The number of benzene rings is 2. The van der Waals surface area contributed by atoms with E-state index < -0.39 is 11.9 Å². The second-order valence-electron chi connectivity index (χ2n) is 8.27. The number of esters is 2. The number of fused-ring (bicyclic) bond motifs is 2. The van der Waals surface area contributed by atoms with Crippen molar-refractivity contribution >= 4 is 29.6 Å². The second kappa shape index (κ2) is 13.4. The van der Waals surface area contributed by atoms with Crippen molar-refractivity contribution in [2.45, 2.75) is 6.92 Å². The van der Waals surface area contributed by atoms with Crippen molar-refractivity contribution in [3.8, 4) is 17.2 Å². The van der Waals surface area contributed by atoms with Crippen molar-refractivity contribution < 1.29 is 43.2 Å². The van der Waals surface area contributed by atoms with E-state index in [1.807, 2.05) is 30.0 Å². The predicted molar refractivity (Wildman–Crippen MR) is 135 cm³/mol. The van der Waals surface area contributed by atoms with Gasteiger partial charge in [0.05, 0.1) is 44.4 Å². The number of anilines is 2. The van der Waals surface area contributed by atoms with Crippen LogP contribution in [0.25, 0.3) is 0 Å². The molecule has 2 aromatic rings. The van der Waals surface area contributed by atoms with Crippen molar-refractivity contribution in [1.29, 1.82) is 0 Å². The summed E-state index contributed by atoms with van der Waals surface area (Å²) in [5.41, 5.74) is 2.12. The number of aldehydes is 1. The summed E-state index contributed by atoms with van der Waals surface area (Å²) in [6, 6.07) is 8.45. The molecule has 0 saturated carbocycles. The Hall–Kier alpha value is -3.99. The maximum atomic E-state index is 12.1. The molecule has 11 nitrogen and oxygen atoms in total. The zero-order valence-electron chi connectivity index (χ0n) is 21.2. The molecule has 0 unspecified atom stereocenters. The lowest BCUT2D eigenvalue weighted by Gasteiger charge is -2.27. The van der Waals surface area contributed by atoms with Gasteiger partial charge in [-0.1, -0.05) is 6.07 Å². The van der Waals surface area contributed by atoms with Crippen LogP contribution in [0.3, 0.4) is 0 Å². The molecule has 0 spiro atoms. The molecule has 2 aromatic carbocycles. The first kappa shape index (κ1) is 27.6. The van der Waals surface area contributed by atoms with Gasteiger partial charge in [0.15, 0.2) is 6.29 Å². The molecule has 11 heteroatoms. The predicted octanol–water partition coefficient (Wildman–Crippen LogP) is 1.96. The monoisotopic (exact) mass is 516 g/mol.